The lowest BCUT2D eigenvalue weighted by molar-refractivity contribution is -0.131. The van der Waals surface area contributed by atoms with Gasteiger partial charge in [-0.15, -0.1) is 0 Å². The molecule has 9 heteroatoms. The normalized spacial score (nSPS) is 13.5. The molecule has 6 aromatic rings. The van der Waals surface area contributed by atoms with Gasteiger partial charge in [-0.3, -0.25) is 14.6 Å². The fourth-order valence-corrected chi connectivity index (χ4v) is 4.90. The number of anilines is 2. The summed E-state index contributed by atoms with van der Waals surface area (Å²) in [5.41, 5.74) is 3.45. The third-order valence-electron chi connectivity index (χ3n) is 7.43. The van der Waals surface area contributed by atoms with Crippen LogP contribution in [0.1, 0.15) is 12.8 Å². The quantitative estimate of drug-likeness (QED) is 0.210. The lowest BCUT2D eigenvalue weighted by atomic mass is 10.0. The molecule has 0 bridgehead atoms. The third-order valence-corrected chi connectivity index (χ3v) is 7.43. The summed E-state index contributed by atoms with van der Waals surface area (Å²) in [7, 11) is 0. The summed E-state index contributed by atoms with van der Waals surface area (Å²) in [5, 5.41) is 11.1. The Balaban J connectivity index is 1.04. The molecule has 0 atom stereocenters. The molecule has 0 radical (unpaired) electrons. The van der Waals surface area contributed by atoms with E-state index in [1.54, 1.807) is 36.5 Å². The van der Waals surface area contributed by atoms with Gasteiger partial charge in [-0.05, 0) is 97.8 Å². The molecule has 7 rings (SSSR count). The molecule has 8 nitrogen and oxygen atoms in total. The number of hydrogen-bond acceptors (Lipinski definition) is 5. The second-order valence-corrected chi connectivity index (χ2v) is 10.3. The largest absolute Gasteiger partial charge is 0.457 e. The molecule has 0 saturated heterocycles. The van der Waals surface area contributed by atoms with Crippen LogP contribution < -0.4 is 15.4 Å². The average molecular weight is 558 g/mol. The molecule has 1 aliphatic carbocycles. The maximum absolute atomic E-state index is 13.2. The van der Waals surface area contributed by atoms with Gasteiger partial charge in [0.1, 0.15) is 22.7 Å². The molecule has 0 unspecified atom stereocenters. The summed E-state index contributed by atoms with van der Waals surface area (Å²) in [4.78, 5) is 30.4. The van der Waals surface area contributed by atoms with Gasteiger partial charge in [0, 0.05) is 34.7 Å². The maximum Gasteiger partial charge on any atom is 0.240 e. The summed E-state index contributed by atoms with van der Waals surface area (Å²) < 4.78 is 21.2. The first-order valence-corrected chi connectivity index (χ1v) is 13.5. The van der Waals surface area contributed by atoms with E-state index >= 15 is 0 Å². The smallest absolute Gasteiger partial charge is 0.240 e. The number of carbonyl (C=O) groups is 2. The molecule has 3 aromatic heterocycles. The van der Waals surface area contributed by atoms with E-state index in [1.807, 2.05) is 53.2 Å². The van der Waals surface area contributed by atoms with E-state index in [4.69, 9.17) is 4.74 Å². The van der Waals surface area contributed by atoms with E-state index in [0.29, 0.717) is 35.7 Å². The molecule has 42 heavy (non-hydrogen) atoms. The van der Waals surface area contributed by atoms with Crippen molar-refractivity contribution in [2.24, 2.45) is 5.41 Å². The van der Waals surface area contributed by atoms with Crippen LogP contribution in [0.25, 0.3) is 27.7 Å². The minimum absolute atomic E-state index is 0.377. The SMILES string of the molecule is O=C(Nc1ccc(F)cc1)C1(C(=O)Nc2ccc(Oc3ccnc4cc(-c5cc6ccccn6n5)ccc34)cc2)CC1. The highest BCUT2D eigenvalue weighted by atomic mass is 19.1. The van der Waals surface area contributed by atoms with Crippen molar-refractivity contribution in [1.29, 1.82) is 0 Å². The number of halogens is 1. The van der Waals surface area contributed by atoms with Crippen molar-refractivity contribution in [3.63, 3.8) is 0 Å². The molecular weight excluding hydrogens is 533 g/mol. The topological polar surface area (TPSA) is 97.6 Å². The van der Waals surface area contributed by atoms with Crippen LogP contribution in [0.2, 0.25) is 0 Å². The maximum atomic E-state index is 13.2. The Morgan fingerprint density at radius 3 is 2.24 bits per heavy atom. The zero-order valence-corrected chi connectivity index (χ0v) is 22.3. The number of nitrogens with zero attached hydrogens (tertiary/aromatic N) is 3. The molecule has 1 fully saturated rings. The van der Waals surface area contributed by atoms with Gasteiger partial charge in [0.2, 0.25) is 11.8 Å². The van der Waals surface area contributed by atoms with Gasteiger partial charge in [-0.2, -0.15) is 5.10 Å². The van der Waals surface area contributed by atoms with Crippen LogP contribution >= 0.6 is 0 Å². The molecule has 0 spiro atoms. The number of benzene rings is 3. The summed E-state index contributed by atoms with van der Waals surface area (Å²) in [6.45, 7) is 0. The van der Waals surface area contributed by atoms with Gasteiger partial charge in [-0.25, -0.2) is 8.91 Å². The first kappa shape index (κ1) is 25.4. The first-order valence-electron chi connectivity index (χ1n) is 13.5. The van der Waals surface area contributed by atoms with Crippen molar-refractivity contribution in [1.82, 2.24) is 14.6 Å². The van der Waals surface area contributed by atoms with E-state index in [1.165, 1.54) is 24.3 Å². The summed E-state index contributed by atoms with van der Waals surface area (Å²) in [5.74, 6) is 0.0515. The number of ether oxygens (including phenoxy) is 1. The van der Waals surface area contributed by atoms with Crippen LogP contribution in [-0.4, -0.2) is 26.4 Å². The fraction of sp³-hybridized carbons (Fsp3) is 0.0909. The zero-order valence-electron chi connectivity index (χ0n) is 22.3. The Labute approximate surface area is 239 Å². The van der Waals surface area contributed by atoms with E-state index in [9.17, 15) is 14.0 Å². The number of amides is 2. The van der Waals surface area contributed by atoms with Gasteiger partial charge in [0.15, 0.2) is 0 Å². The standard InChI is InChI=1S/C33H24FN5O3/c34-22-5-7-23(8-6-22)36-31(40)33(15-16-33)32(41)37-24-9-11-26(12-10-24)42-30-14-17-35-29-19-21(4-13-27(29)30)28-20-25-3-1-2-18-39(25)38-28/h1-14,17-20H,15-16H2,(H,36,40)(H,37,41). The van der Waals surface area contributed by atoms with Crippen molar-refractivity contribution in [2.45, 2.75) is 12.8 Å². The highest BCUT2D eigenvalue weighted by Gasteiger charge is 2.56. The van der Waals surface area contributed by atoms with Crippen molar-refractivity contribution in [2.75, 3.05) is 10.6 Å². The van der Waals surface area contributed by atoms with Crippen LogP contribution in [0.5, 0.6) is 11.5 Å². The number of pyridine rings is 2. The predicted molar refractivity (Wildman–Crippen MR) is 158 cm³/mol. The number of fused-ring (bicyclic) bond motifs is 2. The van der Waals surface area contributed by atoms with Gasteiger partial charge in [0.05, 0.1) is 16.7 Å². The van der Waals surface area contributed by atoms with E-state index in [0.717, 1.165) is 27.7 Å². The minimum atomic E-state index is -1.14. The van der Waals surface area contributed by atoms with Crippen LogP contribution in [0.15, 0.2) is 109 Å². The minimum Gasteiger partial charge on any atom is -0.457 e. The fourth-order valence-electron chi connectivity index (χ4n) is 4.90. The van der Waals surface area contributed by atoms with Crippen molar-refractivity contribution < 1.29 is 18.7 Å². The summed E-state index contributed by atoms with van der Waals surface area (Å²) >= 11 is 0. The molecule has 3 aromatic carbocycles. The van der Waals surface area contributed by atoms with E-state index in [-0.39, 0.29) is 5.91 Å². The molecule has 0 aliphatic heterocycles. The van der Waals surface area contributed by atoms with Crippen LogP contribution in [0.4, 0.5) is 15.8 Å². The van der Waals surface area contributed by atoms with Gasteiger partial charge < -0.3 is 15.4 Å². The highest BCUT2D eigenvalue weighted by Crippen LogP contribution is 2.47. The summed E-state index contributed by atoms with van der Waals surface area (Å²) in [6.07, 6.45) is 4.51. The average Bonchev–Trinajstić information content (AvgIpc) is 3.72. The Morgan fingerprint density at radius 1 is 0.833 bits per heavy atom. The molecular formula is C33H24FN5O3. The molecule has 2 amide bonds. The lowest BCUT2D eigenvalue weighted by Gasteiger charge is -2.16. The summed E-state index contributed by atoms with van der Waals surface area (Å²) in [6, 6.07) is 28.1. The number of nitrogens with one attached hydrogen (secondary N) is 2. The molecule has 3 heterocycles. The monoisotopic (exact) mass is 557 g/mol. The lowest BCUT2D eigenvalue weighted by Crippen LogP contribution is -2.35. The second-order valence-electron chi connectivity index (χ2n) is 10.3. The molecule has 1 saturated carbocycles. The molecule has 206 valence electrons. The number of rotatable bonds is 7. The van der Waals surface area contributed by atoms with Crippen molar-refractivity contribution >= 4 is 39.6 Å². The molecule has 2 N–H and O–H groups in total. The Morgan fingerprint density at radius 2 is 1.55 bits per heavy atom. The van der Waals surface area contributed by atoms with Gasteiger partial charge in [-0.1, -0.05) is 12.1 Å². The Bertz CT molecular complexity index is 1930. The highest BCUT2D eigenvalue weighted by molar-refractivity contribution is 6.16. The Hall–Kier alpha value is -5.57. The van der Waals surface area contributed by atoms with Crippen LogP contribution in [0, 0.1) is 11.2 Å². The predicted octanol–water partition coefficient (Wildman–Crippen LogP) is 6.84. The zero-order chi connectivity index (χ0) is 28.7. The van der Waals surface area contributed by atoms with Crippen molar-refractivity contribution in [3.8, 4) is 22.8 Å². The van der Waals surface area contributed by atoms with Crippen LogP contribution in [-0.2, 0) is 9.59 Å². The first-order chi connectivity index (χ1) is 20.5. The van der Waals surface area contributed by atoms with Gasteiger partial charge >= 0.3 is 0 Å². The van der Waals surface area contributed by atoms with Gasteiger partial charge in [0.25, 0.3) is 0 Å². The Kier molecular flexibility index (Phi) is 6.12. The number of aromatic nitrogens is 3. The van der Waals surface area contributed by atoms with Crippen LogP contribution in [0.3, 0.4) is 0 Å². The molecule has 1 aliphatic rings. The number of hydrogen-bond donors (Lipinski definition) is 2. The second kappa shape index (κ2) is 10.1. The van der Waals surface area contributed by atoms with Crippen molar-refractivity contribution in [3.05, 3.63) is 115 Å². The number of carbonyl (C=O) groups excluding carboxylic acids is 2. The third kappa shape index (κ3) is 4.81. The van der Waals surface area contributed by atoms with E-state index in [2.05, 4.69) is 20.7 Å². The van der Waals surface area contributed by atoms with E-state index < -0.39 is 17.1 Å².